The van der Waals surface area contributed by atoms with Gasteiger partial charge in [0.15, 0.2) is 0 Å². The van der Waals surface area contributed by atoms with Crippen LogP contribution in [0.15, 0.2) is 16.6 Å². The van der Waals surface area contributed by atoms with Gasteiger partial charge >= 0.3 is 0 Å². The molecule has 0 aliphatic heterocycles. The van der Waals surface area contributed by atoms with Crippen molar-refractivity contribution in [3.63, 3.8) is 0 Å². The Balaban J connectivity index is 3.29. The van der Waals surface area contributed by atoms with Crippen molar-refractivity contribution in [1.29, 1.82) is 0 Å². The van der Waals surface area contributed by atoms with Gasteiger partial charge in [0.25, 0.3) is 0 Å². The Hall–Kier alpha value is 0.910. The van der Waals surface area contributed by atoms with Crippen LogP contribution in [0.2, 0.25) is 0 Å². The van der Waals surface area contributed by atoms with Gasteiger partial charge in [0.1, 0.15) is 0 Å². The third kappa shape index (κ3) is 2.18. The smallest absolute Gasteiger partial charge is 0.0351 e. The molecule has 0 bridgehead atoms. The van der Waals surface area contributed by atoms with Gasteiger partial charge in [-0.3, -0.25) is 0 Å². The fraction of sp³-hybridized carbons (Fsp3) is 0.250. The highest BCUT2D eigenvalue weighted by atomic mass is 127. The lowest BCUT2D eigenvalue weighted by molar-refractivity contribution is 1.28. The summed E-state index contributed by atoms with van der Waals surface area (Å²) in [6.45, 7) is 2.12. The zero-order chi connectivity index (χ0) is 8.43. The Morgan fingerprint density at radius 2 is 2.09 bits per heavy atom. The summed E-state index contributed by atoms with van der Waals surface area (Å²) >= 11 is 9.34. The standard InChI is InChI=1S/C8H7Br2I/c1-5-2-3-7(11)8(10)6(5)4-9/h2-3H,4H2,1H3. The summed E-state index contributed by atoms with van der Waals surface area (Å²) in [5.41, 5.74) is 2.67. The summed E-state index contributed by atoms with van der Waals surface area (Å²) in [6, 6.07) is 4.26. The van der Waals surface area contributed by atoms with E-state index in [2.05, 4.69) is 73.5 Å². The van der Waals surface area contributed by atoms with Gasteiger partial charge < -0.3 is 0 Å². The van der Waals surface area contributed by atoms with Crippen LogP contribution in [0.3, 0.4) is 0 Å². The largest absolute Gasteiger partial charge is 0.0876 e. The minimum absolute atomic E-state index is 0.913. The van der Waals surface area contributed by atoms with E-state index < -0.39 is 0 Å². The normalized spacial score (nSPS) is 10.2. The van der Waals surface area contributed by atoms with Gasteiger partial charge in [0, 0.05) is 13.4 Å². The van der Waals surface area contributed by atoms with Crippen molar-refractivity contribution in [2.24, 2.45) is 0 Å². The first-order valence-electron chi connectivity index (χ1n) is 3.16. The summed E-state index contributed by atoms with van der Waals surface area (Å²) in [7, 11) is 0. The number of halogens is 3. The molecule has 3 heteroatoms. The molecule has 0 fully saturated rings. The van der Waals surface area contributed by atoms with E-state index in [9.17, 15) is 0 Å². The van der Waals surface area contributed by atoms with E-state index in [0.29, 0.717) is 0 Å². The maximum absolute atomic E-state index is 3.55. The minimum Gasteiger partial charge on any atom is -0.0876 e. The van der Waals surface area contributed by atoms with E-state index in [0.717, 1.165) is 5.33 Å². The van der Waals surface area contributed by atoms with Crippen LogP contribution >= 0.6 is 54.5 Å². The summed E-state index contributed by atoms with van der Waals surface area (Å²) in [5, 5.41) is 0.913. The monoisotopic (exact) mass is 388 g/mol. The Morgan fingerprint density at radius 1 is 1.45 bits per heavy atom. The predicted octanol–water partition coefficient (Wildman–Crippen LogP) is 4.26. The van der Waals surface area contributed by atoms with Crippen molar-refractivity contribution < 1.29 is 0 Å². The van der Waals surface area contributed by atoms with E-state index in [1.54, 1.807) is 0 Å². The van der Waals surface area contributed by atoms with Gasteiger partial charge in [-0.2, -0.15) is 0 Å². The maximum atomic E-state index is 3.55. The van der Waals surface area contributed by atoms with Gasteiger partial charge in [-0.25, -0.2) is 0 Å². The van der Waals surface area contributed by atoms with Crippen LogP contribution in [-0.2, 0) is 5.33 Å². The van der Waals surface area contributed by atoms with E-state index >= 15 is 0 Å². The molecule has 1 aromatic carbocycles. The number of rotatable bonds is 1. The predicted molar refractivity (Wildman–Crippen MR) is 64.2 cm³/mol. The summed E-state index contributed by atoms with van der Waals surface area (Å²) in [4.78, 5) is 0. The van der Waals surface area contributed by atoms with Crippen LogP contribution in [0, 0.1) is 10.5 Å². The zero-order valence-electron chi connectivity index (χ0n) is 6.00. The van der Waals surface area contributed by atoms with Gasteiger partial charge in [-0.1, -0.05) is 22.0 Å². The summed E-state index contributed by atoms with van der Waals surface area (Å²) < 4.78 is 2.48. The molecule has 0 spiro atoms. The highest BCUT2D eigenvalue weighted by molar-refractivity contribution is 14.1. The molecule has 0 nitrogen and oxygen atoms in total. The van der Waals surface area contributed by atoms with E-state index in [4.69, 9.17) is 0 Å². The molecule has 0 N–H and O–H groups in total. The van der Waals surface area contributed by atoms with Gasteiger partial charge in [-0.05, 0) is 62.6 Å². The van der Waals surface area contributed by atoms with Crippen LogP contribution in [0.1, 0.15) is 11.1 Å². The fourth-order valence-corrected chi connectivity index (χ4v) is 3.04. The summed E-state index contributed by atoms with van der Waals surface area (Å²) in [5.74, 6) is 0. The molecule has 0 amide bonds. The second-order valence-electron chi connectivity index (χ2n) is 2.29. The molecule has 1 rings (SSSR count). The first-order valence-corrected chi connectivity index (χ1v) is 6.15. The molecule has 0 aliphatic rings. The molecule has 1 aromatic rings. The molecule has 0 unspecified atom stereocenters. The molecule has 0 aliphatic carbocycles. The number of hydrogen-bond acceptors (Lipinski definition) is 0. The molecule has 11 heavy (non-hydrogen) atoms. The minimum atomic E-state index is 0.913. The average molecular weight is 390 g/mol. The van der Waals surface area contributed by atoms with E-state index in [1.807, 2.05) is 0 Å². The Labute approximate surface area is 97.2 Å². The molecule has 0 saturated carbocycles. The Bertz CT molecular complexity index is 271. The van der Waals surface area contributed by atoms with Gasteiger partial charge in [0.2, 0.25) is 0 Å². The molecule has 0 aromatic heterocycles. The second-order valence-corrected chi connectivity index (χ2v) is 4.81. The Morgan fingerprint density at radius 3 is 2.55 bits per heavy atom. The van der Waals surface area contributed by atoms with Crippen LogP contribution in [-0.4, -0.2) is 0 Å². The highest BCUT2D eigenvalue weighted by Gasteiger charge is 2.04. The molecule has 0 saturated heterocycles. The molecular formula is C8H7Br2I. The van der Waals surface area contributed by atoms with Crippen LogP contribution in [0.5, 0.6) is 0 Å². The van der Waals surface area contributed by atoms with Crippen LogP contribution in [0.25, 0.3) is 0 Å². The quantitative estimate of drug-likeness (QED) is 0.497. The number of hydrogen-bond donors (Lipinski definition) is 0. The lowest BCUT2D eigenvalue weighted by Crippen LogP contribution is -1.88. The van der Waals surface area contributed by atoms with Crippen molar-refractivity contribution in [1.82, 2.24) is 0 Å². The van der Waals surface area contributed by atoms with E-state index in [1.165, 1.54) is 19.2 Å². The number of aryl methyl sites for hydroxylation is 1. The van der Waals surface area contributed by atoms with Crippen molar-refractivity contribution in [3.05, 3.63) is 31.3 Å². The third-order valence-electron chi connectivity index (χ3n) is 1.56. The van der Waals surface area contributed by atoms with Crippen molar-refractivity contribution in [2.75, 3.05) is 0 Å². The number of benzene rings is 1. The van der Waals surface area contributed by atoms with Crippen molar-refractivity contribution in [2.45, 2.75) is 12.3 Å². The fourth-order valence-electron chi connectivity index (χ4n) is 0.853. The zero-order valence-corrected chi connectivity index (χ0v) is 11.3. The molecule has 0 radical (unpaired) electrons. The summed E-state index contributed by atoms with van der Waals surface area (Å²) in [6.07, 6.45) is 0. The average Bonchev–Trinajstić information content (AvgIpc) is 1.99. The first kappa shape index (κ1) is 9.99. The lowest BCUT2D eigenvalue weighted by atomic mass is 10.1. The van der Waals surface area contributed by atoms with Crippen molar-refractivity contribution in [3.8, 4) is 0 Å². The Kier molecular flexibility index (Phi) is 3.85. The SMILES string of the molecule is Cc1ccc(I)c(Br)c1CBr. The van der Waals surface area contributed by atoms with Crippen molar-refractivity contribution >= 4 is 54.5 Å². The van der Waals surface area contributed by atoms with Crippen LogP contribution < -0.4 is 0 Å². The second kappa shape index (κ2) is 4.23. The lowest BCUT2D eigenvalue weighted by Gasteiger charge is -2.05. The molecule has 0 atom stereocenters. The van der Waals surface area contributed by atoms with Crippen LogP contribution in [0.4, 0.5) is 0 Å². The maximum Gasteiger partial charge on any atom is 0.0351 e. The molecule has 0 heterocycles. The third-order valence-corrected chi connectivity index (χ3v) is 4.67. The number of alkyl halides is 1. The first-order chi connectivity index (χ1) is 5.16. The topological polar surface area (TPSA) is 0 Å². The van der Waals surface area contributed by atoms with E-state index in [-0.39, 0.29) is 0 Å². The van der Waals surface area contributed by atoms with Gasteiger partial charge in [-0.15, -0.1) is 0 Å². The van der Waals surface area contributed by atoms with Gasteiger partial charge in [0.05, 0.1) is 0 Å². The highest BCUT2D eigenvalue weighted by Crippen LogP contribution is 2.27. The molecular weight excluding hydrogens is 383 g/mol. The molecule has 60 valence electrons.